The molecule has 2 unspecified atom stereocenters. The number of nitrogens with two attached hydrogens (primary N) is 2. The normalized spacial score (nSPS) is 21.4. The Bertz CT molecular complexity index is 557. The predicted octanol–water partition coefficient (Wildman–Crippen LogP) is 0.766. The third-order valence-corrected chi connectivity index (χ3v) is 2.95. The topological polar surface area (TPSA) is 98.2 Å². The summed E-state index contributed by atoms with van der Waals surface area (Å²) in [5, 5.41) is 2.61. The van der Waals surface area contributed by atoms with Gasteiger partial charge in [0.1, 0.15) is 5.82 Å². The number of hydrogen-bond acceptors (Lipinski definition) is 3. The van der Waals surface area contributed by atoms with Crippen molar-refractivity contribution in [3.63, 3.8) is 0 Å². The predicted molar refractivity (Wildman–Crippen MR) is 68.8 cm³/mol. The highest BCUT2D eigenvalue weighted by Gasteiger charge is 2.23. The maximum atomic E-state index is 13.3. The summed E-state index contributed by atoms with van der Waals surface area (Å²) in [6.07, 6.45) is 4.04. The Balaban J connectivity index is 2.11. The van der Waals surface area contributed by atoms with Crippen molar-refractivity contribution in [3.8, 4) is 0 Å². The maximum absolute atomic E-state index is 13.3. The molecule has 0 aromatic heterocycles. The van der Waals surface area contributed by atoms with Crippen LogP contribution in [0.25, 0.3) is 0 Å². The van der Waals surface area contributed by atoms with Gasteiger partial charge in [-0.2, -0.15) is 0 Å². The van der Waals surface area contributed by atoms with Crippen LogP contribution in [0.15, 0.2) is 30.4 Å². The molecule has 1 aliphatic carbocycles. The van der Waals surface area contributed by atoms with E-state index in [2.05, 4.69) is 5.32 Å². The lowest BCUT2D eigenvalue weighted by Crippen LogP contribution is -2.24. The van der Waals surface area contributed by atoms with E-state index in [0.717, 1.165) is 6.07 Å². The Labute approximate surface area is 109 Å². The second-order valence-corrected chi connectivity index (χ2v) is 4.44. The van der Waals surface area contributed by atoms with Gasteiger partial charge in [-0.05, 0) is 24.6 Å². The molecular formula is C13H14FN3O2. The highest BCUT2D eigenvalue weighted by atomic mass is 19.1. The summed E-state index contributed by atoms with van der Waals surface area (Å²) in [6.45, 7) is 0. The van der Waals surface area contributed by atoms with Gasteiger partial charge in [-0.15, -0.1) is 0 Å². The van der Waals surface area contributed by atoms with Crippen molar-refractivity contribution in [2.75, 3.05) is 5.32 Å². The highest BCUT2D eigenvalue weighted by Crippen LogP contribution is 2.20. The van der Waals surface area contributed by atoms with Crippen LogP contribution < -0.4 is 16.8 Å². The first kappa shape index (κ1) is 13.2. The Hall–Kier alpha value is -2.21. The van der Waals surface area contributed by atoms with Crippen LogP contribution in [0, 0.1) is 11.7 Å². The first-order chi connectivity index (χ1) is 8.97. The summed E-state index contributed by atoms with van der Waals surface area (Å²) in [6, 6.07) is 3.56. The monoisotopic (exact) mass is 263 g/mol. The number of carbonyl (C=O) groups is 2. The lowest BCUT2D eigenvalue weighted by Gasteiger charge is -2.11. The zero-order valence-corrected chi connectivity index (χ0v) is 10.1. The van der Waals surface area contributed by atoms with Gasteiger partial charge in [-0.1, -0.05) is 12.2 Å². The van der Waals surface area contributed by atoms with Crippen LogP contribution in [0.5, 0.6) is 0 Å². The van der Waals surface area contributed by atoms with Gasteiger partial charge >= 0.3 is 0 Å². The Morgan fingerprint density at radius 3 is 2.63 bits per heavy atom. The number of primary amides is 1. The van der Waals surface area contributed by atoms with Crippen LogP contribution >= 0.6 is 0 Å². The Morgan fingerprint density at radius 1 is 1.32 bits per heavy atom. The summed E-state index contributed by atoms with van der Waals surface area (Å²) in [5.74, 6) is -2.15. The lowest BCUT2D eigenvalue weighted by atomic mass is 10.1. The number of amides is 2. The molecule has 19 heavy (non-hydrogen) atoms. The van der Waals surface area contributed by atoms with E-state index in [-0.39, 0.29) is 23.4 Å². The maximum Gasteiger partial charge on any atom is 0.251 e. The number of rotatable bonds is 3. The summed E-state index contributed by atoms with van der Waals surface area (Å²) in [7, 11) is 0. The molecule has 0 spiro atoms. The van der Waals surface area contributed by atoms with Crippen LogP contribution in [0.4, 0.5) is 10.1 Å². The standard InChI is InChI=1S/C13H14FN3O2/c14-11-4-3-9(6-10(11)12(16)18)17-13(19)7-1-2-8(15)5-7/h1-4,6-8H,5,15H2,(H2,16,18)(H,17,19). The first-order valence-corrected chi connectivity index (χ1v) is 5.81. The molecule has 2 atom stereocenters. The fourth-order valence-corrected chi connectivity index (χ4v) is 1.95. The molecule has 2 rings (SSSR count). The zero-order chi connectivity index (χ0) is 14.0. The molecule has 1 aliphatic rings. The van der Waals surface area contributed by atoms with Gasteiger partial charge in [-0.3, -0.25) is 9.59 Å². The molecule has 0 bridgehead atoms. The minimum Gasteiger partial charge on any atom is -0.366 e. The van der Waals surface area contributed by atoms with Gasteiger partial charge in [0.25, 0.3) is 5.91 Å². The summed E-state index contributed by atoms with van der Waals surface area (Å²) < 4.78 is 13.3. The average molecular weight is 263 g/mol. The Morgan fingerprint density at radius 2 is 2.05 bits per heavy atom. The van der Waals surface area contributed by atoms with Crippen LogP contribution in [-0.2, 0) is 4.79 Å². The average Bonchev–Trinajstić information content (AvgIpc) is 2.78. The fraction of sp³-hybridized carbons (Fsp3) is 0.231. The third-order valence-electron chi connectivity index (χ3n) is 2.95. The van der Waals surface area contributed by atoms with Crippen molar-refractivity contribution < 1.29 is 14.0 Å². The van der Waals surface area contributed by atoms with Crippen LogP contribution in [0.2, 0.25) is 0 Å². The number of nitrogens with one attached hydrogen (secondary N) is 1. The molecule has 5 N–H and O–H groups in total. The SMILES string of the molecule is NC(=O)c1cc(NC(=O)C2C=CC(N)C2)ccc1F. The largest absolute Gasteiger partial charge is 0.366 e. The van der Waals surface area contributed by atoms with E-state index >= 15 is 0 Å². The van der Waals surface area contributed by atoms with Gasteiger partial charge in [0.05, 0.1) is 11.5 Å². The van der Waals surface area contributed by atoms with E-state index in [1.54, 1.807) is 12.2 Å². The van der Waals surface area contributed by atoms with E-state index in [4.69, 9.17) is 11.5 Å². The van der Waals surface area contributed by atoms with E-state index in [1.807, 2.05) is 0 Å². The van der Waals surface area contributed by atoms with Crippen molar-refractivity contribution >= 4 is 17.5 Å². The molecule has 6 heteroatoms. The molecule has 100 valence electrons. The minimum atomic E-state index is -0.878. The zero-order valence-electron chi connectivity index (χ0n) is 10.1. The number of anilines is 1. The molecular weight excluding hydrogens is 249 g/mol. The van der Waals surface area contributed by atoms with Gasteiger partial charge in [-0.25, -0.2) is 4.39 Å². The summed E-state index contributed by atoms with van der Waals surface area (Å²) in [5.41, 5.74) is 10.8. The van der Waals surface area contributed by atoms with E-state index in [1.165, 1.54) is 12.1 Å². The fourth-order valence-electron chi connectivity index (χ4n) is 1.95. The molecule has 0 fully saturated rings. The Kier molecular flexibility index (Phi) is 3.62. The molecule has 0 saturated carbocycles. The summed E-state index contributed by atoms with van der Waals surface area (Å²) >= 11 is 0. The van der Waals surface area contributed by atoms with Gasteiger partial charge in [0.2, 0.25) is 5.91 Å². The molecule has 0 aliphatic heterocycles. The smallest absolute Gasteiger partial charge is 0.251 e. The van der Waals surface area contributed by atoms with Crippen molar-refractivity contribution in [2.45, 2.75) is 12.5 Å². The molecule has 1 aromatic carbocycles. The number of halogens is 1. The van der Waals surface area contributed by atoms with Crippen molar-refractivity contribution in [1.82, 2.24) is 0 Å². The molecule has 0 radical (unpaired) electrons. The quantitative estimate of drug-likeness (QED) is 0.702. The number of benzene rings is 1. The van der Waals surface area contributed by atoms with Crippen molar-refractivity contribution in [1.29, 1.82) is 0 Å². The molecule has 1 aromatic rings. The van der Waals surface area contributed by atoms with Gasteiger partial charge in [0, 0.05) is 11.7 Å². The molecule has 0 saturated heterocycles. The third kappa shape index (κ3) is 2.97. The van der Waals surface area contributed by atoms with Crippen molar-refractivity contribution in [2.24, 2.45) is 17.4 Å². The minimum absolute atomic E-state index is 0.120. The van der Waals surface area contributed by atoms with Crippen LogP contribution in [0.3, 0.4) is 0 Å². The van der Waals surface area contributed by atoms with E-state index in [9.17, 15) is 14.0 Å². The first-order valence-electron chi connectivity index (χ1n) is 5.81. The van der Waals surface area contributed by atoms with Crippen LogP contribution in [-0.4, -0.2) is 17.9 Å². The highest BCUT2D eigenvalue weighted by molar-refractivity contribution is 5.97. The summed E-state index contributed by atoms with van der Waals surface area (Å²) in [4.78, 5) is 22.9. The second-order valence-electron chi connectivity index (χ2n) is 4.44. The number of carbonyl (C=O) groups excluding carboxylic acids is 2. The van der Waals surface area contributed by atoms with Gasteiger partial charge < -0.3 is 16.8 Å². The lowest BCUT2D eigenvalue weighted by molar-refractivity contribution is -0.118. The van der Waals surface area contributed by atoms with Crippen molar-refractivity contribution in [3.05, 3.63) is 41.7 Å². The van der Waals surface area contributed by atoms with Gasteiger partial charge in [0.15, 0.2) is 0 Å². The van der Waals surface area contributed by atoms with Crippen LogP contribution in [0.1, 0.15) is 16.8 Å². The number of hydrogen-bond donors (Lipinski definition) is 3. The molecule has 5 nitrogen and oxygen atoms in total. The molecule has 2 amide bonds. The van der Waals surface area contributed by atoms with E-state index < -0.39 is 11.7 Å². The van der Waals surface area contributed by atoms with E-state index in [0.29, 0.717) is 12.1 Å². The molecule has 0 heterocycles. The second kappa shape index (κ2) is 5.19.